The quantitative estimate of drug-likeness (QED) is 0.697. The Kier molecular flexibility index (Phi) is 4.96. The van der Waals surface area contributed by atoms with E-state index in [2.05, 4.69) is 58.7 Å². The van der Waals surface area contributed by atoms with Crippen molar-refractivity contribution in [3.63, 3.8) is 0 Å². The van der Waals surface area contributed by atoms with Crippen molar-refractivity contribution in [2.24, 2.45) is 0 Å². The predicted octanol–water partition coefficient (Wildman–Crippen LogP) is 4.06. The van der Waals surface area contributed by atoms with Crippen molar-refractivity contribution < 1.29 is 9.53 Å². The number of hydrogen-bond donors (Lipinski definition) is 1. The molecule has 3 heterocycles. The molecular weight excluding hydrogens is 380 g/mol. The summed E-state index contributed by atoms with van der Waals surface area (Å²) in [5.74, 6) is -0.0145. The second-order valence-corrected chi connectivity index (χ2v) is 8.86. The van der Waals surface area contributed by atoms with E-state index in [9.17, 15) is 4.79 Å². The second kappa shape index (κ2) is 7.75. The highest BCUT2D eigenvalue weighted by Crippen LogP contribution is 2.47. The van der Waals surface area contributed by atoms with Crippen LogP contribution in [0.5, 0.6) is 0 Å². The maximum atomic E-state index is 12.8. The molecule has 0 aliphatic carbocycles. The van der Waals surface area contributed by atoms with E-state index in [1.807, 2.05) is 23.6 Å². The smallest absolute Gasteiger partial charge is 0.249 e. The zero-order chi connectivity index (χ0) is 19.7. The minimum atomic E-state index is -0.417. The Morgan fingerprint density at radius 2 is 1.93 bits per heavy atom. The summed E-state index contributed by atoms with van der Waals surface area (Å²) in [6.45, 7) is 2.85. The van der Waals surface area contributed by atoms with E-state index in [0.29, 0.717) is 19.6 Å². The molecule has 1 saturated heterocycles. The third kappa shape index (κ3) is 3.50. The summed E-state index contributed by atoms with van der Waals surface area (Å²) in [6, 6.07) is 23.2. The van der Waals surface area contributed by atoms with Crippen LogP contribution >= 0.6 is 11.3 Å². The van der Waals surface area contributed by atoms with Gasteiger partial charge in [-0.25, -0.2) is 0 Å². The molecule has 0 saturated carbocycles. The van der Waals surface area contributed by atoms with Crippen LogP contribution in [0.3, 0.4) is 0 Å². The zero-order valence-electron chi connectivity index (χ0n) is 16.2. The van der Waals surface area contributed by atoms with E-state index in [1.54, 1.807) is 11.3 Å². The van der Waals surface area contributed by atoms with E-state index >= 15 is 0 Å². The molecular formula is C24H24N2O2S. The lowest BCUT2D eigenvalue weighted by Crippen LogP contribution is -2.42. The lowest BCUT2D eigenvalue weighted by Gasteiger charge is -2.34. The van der Waals surface area contributed by atoms with Gasteiger partial charge in [-0.15, -0.1) is 11.3 Å². The number of rotatable bonds is 5. The van der Waals surface area contributed by atoms with Crippen LogP contribution in [-0.4, -0.2) is 23.5 Å². The summed E-state index contributed by atoms with van der Waals surface area (Å²) in [4.78, 5) is 16.4. The number of benzene rings is 2. The van der Waals surface area contributed by atoms with Gasteiger partial charge in [0, 0.05) is 24.4 Å². The van der Waals surface area contributed by atoms with Crippen LogP contribution < -0.4 is 5.32 Å². The van der Waals surface area contributed by atoms with Crippen molar-refractivity contribution in [2.75, 3.05) is 6.61 Å². The van der Waals surface area contributed by atoms with Crippen molar-refractivity contribution in [2.45, 2.75) is 37.7 Å². The number of thiophene rings is 1. The molecule has 0 radical (unpaired) electrons. The highest BCUT2D eigenvalue weighted by Gasteiger charge is 2.52. The van der Waals surface area contributed by atoms with Gasteiger partial charge < -0.3 is 10.1 Å². The molecule has 2 aromatic carbocycles. The van der Waals surface area contributed by atoms with Crippen LogP contribution in [0, 0.1) is 0 Å². The van der Waals surface area contributed by atoms with Gasteiger partial charge in [0.1, 0.15) is 6.10 Å². The van der Waals surface area contributed by atoms with Gasteiger partial charge in [-0.1, -0.05) is 60.7 Å². The monoisotopic (exact) mass is 404 g/mol. The topological polar surface area (TPSA) is 41.6 Å². The van der Waals surface area contributed by atoms with Crippen LogP contribution in [0.1, 0.15) is 28.0 Å². The Morgan fingerprint density at radius 1 is 1.10 bits per heavy atom. The van der Waals surface area contributed by atoms with Gasteiger partial charge >= 0.3 is 0 Å². The van der Waals surface area contributed by atoms with Gasteiger partial charge in [-0.2, -0.15) is 0 Å². The second-order valence-electron chi connectivity index (χ2n) is 7.83. The Hall–Kier alpha value is -2.47. The van der Waals surface area contributed by atoms with E-state index in [4.69, 9.17) is 4.74 Å². The molecule has 1 amide bonds. The third-order valence-corrected chi connectivity index (χ3v) is 6.93. The fourth-order valence-electron chi connectivity index (χ4n) is 4.59. The normalized spacial score (nSPS) is 23.4. The Morgan fingerprint density at radius 3 is 2.76 bits per heavy atom. The minimum absolute atomic E-state index is 0.0145. The molecule has 2 aliphatic rings. The standard InChI is InChI=1S/C24H24N2O2S/c27-23(25-14-20-10-6-12-29-20)22-13-24(17-28-22)21-11-5-4-9-19(21)16-26(24)15-18-7-2-1-3-8-18/h1-12,22H,13-17H2,(H,25,27)/t22-,24+/m1/s1. The summed E-state index contributed by atoms with van der Waals surface area (Å²) in [5.41, 5.74) is 3.69. The maximum absolute atomic E-state index is 12.8. The lowest BCUT2D eigenvalue weighted by atomic mass is 9.86. The van der Waals surface area contributed by atoms with Gasteiger partial charge in [0.25, 0.3) is 0 Å². The predicted molar refractivity (Wildman–Crippen MR) is 114 cm³/mol. The Balaban J connectivity index is 1.36. The van der Waals surface area contributed by atoms with Gasteiger partial charge in [0.05, 0.1) is 18.7 Å². The number of ether oxygens (including phenoxy) is 1. The van der Waals surface area contributed by atoms with Gasteiger partial charge in [-0.05, 0) is 28.1 Å². The maximum Gasteiger partial charge on any atom is 0.249 e. The van der Waals surface area contributed by atoms with Crippen molar-refractivity contribution >= 4 is 17.2 Å². The summed E-state index contributed by atoms with van der Waals surface area (Å²) in [7, 11) is 0. The van der Waals surface area contributed by atoms with Crippen LogP contribution in [0.15, 0.2) is 72.1 Å². The first-order valence-corrected chi connectivity index (χ1v) is 10.9. The molecule has 1 spiro atoms. The molecule has 5 heteroatoms. The fourth-order valence-corrected chi connectivity index (χ4v) is 5.24. The van der Waals surface area contributed by atoms with Crippen molar-refractivity contribution in [1.29, 1.82) is 0 Å². The molecule has 4 nitrogen and oxygen atoms in total. The van der Waals surface area contributed by atoms with Crippen LogP contribution in [0.2, 0.25) is 0 Å². The molecule has 5 rings (SSSR count). The molecule has 1 N–H and O–H groups in total. The van der Waals surface area contributed by atoms with E-state index in [-0.39, 0.29) is 11.4 Å². The van der Waals surface area contributed by atoms with Gasteiger partial charge in [0.2, 0.25) is 5.91 Å². The largest absolute Gasteiger partial charge is 0.366 e. The number of hydrogen-bond acceptors (Lipinski definition) is 4. The Labute approximate surface area is 175 Å². The lowest BCUT2D eigenvalue weighted by molar-refractivity contribution is -0.130. The van der Waals surface area contributed by atoms with E-state index in [0.717, 1.165) is 18.0 Å². The number of fused-ring (bicyclic) bond motifs is 2. The number of carbonyl (C=O) groups is 1. The molecule has 1 aromatic heterocycles. The molecule has 1 fully saturated rings. The molecule has 2 atom stereocenters. The van der Waals surface area contributed by atoms with Crippen LogP contribution in [-0.2, 0) is 34.7 Å². The minimum Gasteiger partial charge on any atom is -0.366 e. The summed E-state index contributed by atoms with van der Waals surface area (Å²) < 4.78 is 6.10. The number of amides is 1. The fraction of sp³-hybridized carbons (Fsp3) is 0.292. The average Bonchev–Trinajstić information content (AvgIpc) is 3.49. The SMILES string of the molecule is O=C(NCc1cccs1)[C@H]1C[C@]2(CO1)c1ccccc1CN2Cc1ccccc1. The van der Waals surface area contributed by atoms with Gasteiger partial charge in [-0.3, -0.25) is 9.69 Å². The molecule has 0 bridgehead atoms. The number of nitrogens with one attached hydrogen (secondary N) is 1. The first kappa shape index (κ1) is 18.6. The van der Waals surface area contributed by atoms with E-state index in [1.165, 1.54) is 16.7 Å². The first-order valence-electron chi connectivity index (χ1n) is 10.0. The highest BCUT2D eigenvalue weighted by molar-refractivity contribution is 7.09. The summed E-state index contributed by atoms with van der Waals surface area (Å²) in [5, 5.41) is 5.08. The van der Waals surface area contributed by atoms with Crippen molar-refractivity contribution in [3.8, 4) is 0 Å². The van der Waals surface area contributed by atoms with Crippen LogP contribution in [0.4, 0.5) is 0 Å². The van der Waals surface area contributed by atoms with Crippen molar-refractivity contribution in [3.05, 3.63) is 93.7 Å². The molecule has 0 unspecified atom stereocenters. The van der Waals surface area contributed by atoms with Gasteiger partial charge in [0.15, 0.2) is 0 Å². The first-order chi connectivity index (χ1) is 14.2. The summed E-state index contributed by atoms with van der Waals surface area (Å²) in [6.07, 6.45) is 0.270. The third-order valence-electron chi connectivity index (χ3n) is 6.06. The van der Waals surface area contributed by atoms with Crippen molar-refractivity contribution in [1.82, 2.24) is 10.2 Å². The van der Waals surface area contributed by atoms with E-state index < -0.39 is 6.10 Å². The molecule has 148 valence electrons. The molecule has 29 heavy (non-hydrogen) atoms. The Bertz CT molecular complexity index is 989. The number of carbonyl (C=O) groups excluding carboxylic acids is 1. The zero-order valence-corrected chi connectivity index (χ0v) is 17.0. The summed E-state index contributed by atoms with van der Waals surface area (Å²) >= 11 is 1.65. The number of nitrogens with zero attached hydrogens (tertiary/aromatic N) is 1. The molecule has 3 aromatic rings. The van der Waals surface area contributed by atoms with Crippen LogP contribution in [0.25, 0.3) is 0 Å². The average molecular weight is 405 g/mol. The highest BCUT2D eigenvalue weighted by atomic mass is 32.1. The molecule has 2 aliphatic heterocycles.